The highest BCUT2D eigenvalue weighted by Gasteiger charge is 2.16. The molecule has 0 saturated heterocycles. The third-order valence-corrected chi connectivity index (χ3v) is 5.04. The number of anilines is 1. The van der Waals surface area contributed by atoms with Crippen molar-refractivity contribution < 1.29 is 9.47 Å². The fraction of sp³-hybridized carbons (Fsp3) is 0.333. The van der Waals surface area contributed by atoms with Crippen LogP contribution in [-0.2, 0) is 0 Å². The largest absolute Gasteiger partial charge is 0.490 e. The Hall–Kier alpha value is -1.54. The average Bonchev–Trinajstić information content (AvgIpc) is 2.83. The highest BCUT2D eigenvalue weighted by atomic mass is 79.9. The maximum atomic E-state index is 5.79. The topological polar surface area (TPSA) is 74.7 Å². The Kier molecular flexibility index (Phi) is 6.06. The normalized spacial score (nSPS) is 11.2. The summed E-state index contributed by atoms with van der Waals surface area (Å²) in [5, 5.41) is 4.33. The number of imidazole rings is 1. The van der Waals surface area contributed by atoms with Gasteiger partial charge >= 0.3 is 0 Å². The van der Waals surface area contributed by atoms with Crippen molar-refractivity contribution in [3.8, 4) is 11.5 Å². The zero-order valence-electron chi connectivity index (χ0n) is 13.1. The van der Waals surface area contributed by atoms with Crippen LogP contribution in [0, 0.1) is 6.92 Å². The SMILES string of the molecule is CCOc1cc(C=Nn2cc(C)nc2N)c(Br)c(Br)c1OCC. The van der Waals surface area contributed by atoms with Crippen LogP contribution >= 0.6 is 31.9 Å². The van der Waals surface area contributed by atoms with Gasteiger partial charge in [0, 0.05) is 10.0 Å². The Bertz CT molecular complexity index is 729. The molecule has 1 heterocycles. The maximum absolute atomic E-state index is 5.79. The van der Waals surface area contributed by atoms with E-state index in [-0.39, 0.29) is 0 Å². The maximum Gasteiger partial charge on any atom is 0.221 e. The summed E-state index contributed by atoms with van der Waals surface area (Å²) in [6.07, 6.45) is 3.44. The summed E-state index contributed by atoms with van der Waals surface area (Å²) >= 11 is 7.09. The van der Waals surface area contributed by atoms with Gasteiger partial charge in [0.05, 0.1) is 35.8 Å². The molecule has 0 atom stereocenters. The molecular weight excluding hydrogens is 428 g/mol. The Morgan fingerprint density at radius 2 is 1.96 bits per heavy atom. The van der Waals surface area contributed by atoms with Crippen molar-refractivity contribution in [2.75, 3.05) is 18.9 Å². The molecule has 0 aliphatic heterocycles. The fourth-order valence-corrected chi connectivity index (χ4v) is 2.90. The minimum Gasteiger partial charge on any atom is -0.490 e. The molecule has 1 aromatic heterocycles. The number of aromatic nitrogens is 2. The molecule has 0 aliphatic carbocycles. The molecule has 2 rings (SSSR count). The molecule has 2 aromatic rings. The second-order valence-corrected chi connectivity index (χ2v) is 6.20. The van der Waals surface area contributed by atoms with E-state index < -0.39 is 0 Å². The molecule has 8 heteroatoms. The molecule has 0 amide bonds. The van der Waals surface area contributed by atoms with Gasteiger partial charge in [-0.15, -0.1) is 0 Å². The Morgan fingerprint density at radius 3 is 2.52 bits per heavy atom. The number of halogens is 2. The predicted octanol–water partition coefficient (Wildman–Crippen LogP) is 3.98. The van der Waals surface area contributed by atoms with Gasteiger partial charge in [-0.1, -0.05) is 0 Å². The molecule has 124 valence electrons. The Labute approximate surface area is 151 Å². The predicted molar refractivity (Wildman–Crippen MR) is 98.5 cm³/mol. The van der Waals surface area contributed by atoms with Gasteiger partial charge in [-0.2, -0.15) is 5.10 Å². The number of hydrogen-bond acceptors (Lipinski definition) is 5. The molecule has 0 radical (unpaired) electrons. The van der Waals surface area contributed by atoms with E-state index in [4.69, 9.17) is 15.2 Å². The van der Waals surface area contributed by atoms with E-state index >= 15 is 0 Å². The zero-order chi connectivity index (χ0) is 17.0. The van der Waals surface area contributed by atoms with Crippen LogP contribution in [0.15, 0.2) is 26.3 Å². The smallest absolute Gasteiger partial charge is 0.221 e. The van der Waals surface area contributed by atoms with Crippen molar-refractivity contribution in [2.45, 2.75) is 20.8 Å². The lowest BCUT2D eigenvalue weighted by Crippen LogP contribution is -2.02. The summed E-state index contributed by atoms with van der Waals surface area (Å²) in [6, 6.07) is 1.87. The van der Waals surface area contributed by atoms with Gasteiger partial charge < -0.3 is 15.2 Å². The second kappa shape index (κ2) is 7.83. The van der Waals surface area contributed by atoms with E-state index in [1.165, 1.54) is 4.68 Å². The Morgan fingerprint density at radius 1 is 1.26 bits per heavy atom. The number of benzene rings is 1. The summed E-state index contributed by atoms with van der Waals surface area (Å²) in [5.41, 5.74) is 7.42. The van der Waals surface area contributed by atoms with E-state index in [1.54, 1.807) is 12.4 Å². The number of rotatable bonds is 6. The molecule has 2 N–H and O–H groups in total. The van der Waals surface area contributed by atoms with Gasteiger partial charge in [0.15, 0.2) is 11.5 Å². The highest BCUT2D eigenvalue weighted by Crippen LogP contribution is 2.42. The minimum absolute atomic E-state index is 0.338. The third kappa shape index (κ3) is 4.06. The van der Waals surface area contributed by atoms with Crippen molar-refractivity contribution in [3.63, 3.8) is 0 Å². The summed E-state index contributed by atoms with van der Waals surface area (Å²) < 4.78 is 14.4. The van der Waals surface area contributed by atoms with Crippen LogP contribution in [0.5, 0.6) is 11.5 Å². The quantitative estimate of drug-likeness (QED) is 0.682. The summed E-state index contributed by atoms with van der Waals surface area (Å²) in [6.45, 7) is 6.80. The van der Waals surface area contributed by atoms with E-state index in [1.807, 2.05) is 26.8 Å². The van der Waals surface area contributed by atoms with Crippen molar-refractivity contribution >= 4 is 44.0 Å². The van der Waals surface area contributed by atoms with Crippen LogP contribution in [0.25, 0.3) is 0 Å². The van der Waals surface area contributed by atoms with Crippen LogP contribution in [0.2, 0.25) is 0 Å². The fourth-order valence-electron chi connectivity index (χ4n) is 1.96. The zero-order valence-corrected chi connectivity index (χ0v) is 16.3. The first-order chi connectivity index (χ1) is 11.0. The molecule has 0 spiro atoms. The number of hydrogen-bond donors (Lipinski definition) is 1. The lowest BCUT2D eigenvalue weighted by Gasteiger charge is -2.15. The minimum atomic E-state index is 0.338. The van der Waals surface area contributed by atoms with Gasteiger partial charge in [-0.25, -0.2) is 9.66 Å². The molecule has 6 nitrogen and oxygen atoms in total. The van der Waals surface area contributed by atoms with Crippen molar-refractivity contribution in [2.24, 2.45) is 5.10 Å². The van der Waals surface area contributed by atoms with E-state index in [2.05, 4.69) is 41.9 Å². The first kappa shape index (κ1) is 17.8. The van der Waals surface area contributed by atoms with Crippen LogP contribution in [0.3, 0.4) is 0 Å². The molecule has 0 fully saturated rings. The Balaban J connectivity index is 2.44. The van der Waals surface area contributed by atoms with Crippen LogP contribution in [-0.4, -0.2) is 29.1 Å². The third-order valence-electron chi connectivity index (χ3n) is 2.90. The van der Waals surface area contributed by atoms with Crippen molar-refractivity contribution in [1.82, 2.24) is 9.66 Å². The van der Waals surface area contributed by atoms with E-state index in [0.717, 1.165) is 20.2 Å². The van der Waals surface area contributed by atoms with Crippen molar-refractivity contribution in [3.05, 3.63) is 32.5 Å². The lowest BCUT2D eigenvalue weighted by atomic mass is 10.2. The van der Waals surface area contributed by atoms with Crippen LogP contribution in [0.4, 0.5) is 5.95 Å². The first-order valence-corrected chi connectivity index (χ1v) is 8.69. The lowest BCUT2D eigenvalue weighted by molar-refractivity contribution is 0.286. The first-order valence-electron chi connectivity index (χ1n) is 7.11. The van der Waals surface area contributed by atoms with Gasteiger partial charge in [-0.3, -0.25) is 0 Å². The molecule has 0 unspecified atom stereocenters. The molecule has 0 aliphatic rings. The van der Waals surface area contributed by atoms with E-state index in [0.29, 0.717) is 30.7 Å². The van der Waals surface area contributed by atoms with Gasteiger partial charge in [-0.05, 0) is 58.7 Å². The molecule has 0 saturated carbocycles. The van der Waals surface area contributed by atoms with Gasteiger partial charge in [0.25, 0.3) is 0 Å². The number of aryl methyl sites for hydroxylation is 1. The molecular formula is C15H18Br2N4O2. The van der Waals surface area contributed by atoms with Crippen LogP contribution in [0.1, 0.15) is 25.1 Å². The number of nitrogen functional groups attached to an aromatic ring is 1. The standard InChI is InChI=1S/C15H18Br2N4O2/c1-4-22-11-6-10(12(16)13(17)14(11)23-5-2)7-19-21-8-9(3)20-15(21)18/h6-8H,4-5H2,1-3H3,(H2,18,20). The van der Waals surface area contributed by atoms with Crippen LogP contribution < -0.4 is 15.2 Å². The molecule has 0 bridgehead atoms. The van der Waals surface area contributed by atoms with Gasteiger partial charge in [0.2, 0.25) is 5.95 Å². The second-order valence-electron chi connectivity index (χ2n) is 4.62. The molecule has 1 aromatic carbocycles. The van der Waals surface area contributed by atoms with Crippen molar-refractivity contribution in [1.29, 1.82) is 0 Å². The number of ether oxygens (including phenoxy) is 2. The highest BCUT2D eigenvalue weighted by molar-refractivity contribution is 9.13. The number of nitrogens with two attached hydrogens (primary N) is 1. The average molecular weight is 446 g/mol. The molecule has 23 heavy (non-hydrogen) atoms. The monoisotopic (exact) mass is 444 g/mol. The summed E-state index contributed by atoms with van der Waals surface area (Å²) in [7, 11) is 0. The van der Waals surface area contributed by atoms with Gasteiger partial charge in [0.1, 0.15) is 0 Å². The summed E-state index contributed by atoms with van der Waals surface area (Å²) in [4.78, 5) is 4.11. The van der Waals surface area contributed by atoms with E-state index in [9.17, 15) is 0 Å². The number of nitrogens with zero attached hydrogens (tertiary/aromatic N) is 3. The summed E-state index contributed by atoms with van der Waals surface area (Å²) in [5.74, 6) is 1.65.